The molecule has 5 aromatic carbocycles. The molecule has 0 unspecified atom stereocenters. The van der Waals surface area contributed by atoms with E-state index in [9.17, 15) is 0 Å². The Hall–Kier alpha value is -5.00. The molecule has 4 nitrogen and oxygen atoms in total. The van der Waals surface area contributed by atoms with E-state index < -0.39 is 0 Å². The first-order valence-corrected chi connectivity index (χ1v) is 13.8. The maximum absolute atomic E-state index is 5.32. The summed E-state index contributed by atoms with van der Waals surface area (Å²) in [5, 5.41) is 5.96. The third-order valence-electron chi connectivity index (χ3n) is 7.77. The number of H-pyrrole nitrogens is 1. The summed E-state index contributed by atoms with van der Waals surface area (Å²) in [5.74, 6) is 0.683. The number of aromatic nitrogens is 4. The standard InChI is InChI=1S/C34H20N4S/c1-2-10-20(11-3-1)29-33-31(25-14-6-9-17-28(25)39-33)37-34(36-29)38-27-16-8-5-13-22(27)24-19-18-23-21-12-4-7-15-26(21)35-30(23)32(24)38/h1-19,35H. The molecule has 0 aliphatic carbocycles. The molecule has 0 fully saturated rings. The van der Waals surface area contributed by atoms with Gasteiger partial charge in [-0.05, 0) is 18.2 Å². The highest BCUT2D eigenvalue weighted by Gasteiger charge is 2.21. The van der Waals surface area contributed by atoms with E-state index in [1.165, 1.54) is 26.2 Å². The van der Waals surface area contributed by atoms with Gasteiger partial charge in [-0.1, -0.05) is 97.1 Å². The Morgan fingerprint density at radius 1 is 0.590 bits per heavy atom. The van der Waals surface area contributed by atoms with Crippen molar-refractivity contribution in [3.63, 3.8) is 0 Å². The summed E-state index contributed by atoms with van der Waals surface area (Å²) in [5.41, 5.74) is 7.47. The first-order chi connectivity index (χ1) is 19.3. The van der Waals surface area contributed by atoms with Crippen LogP contribution in [-0.2, 0) is 0 Å². The fourth-order valence-corrected chi connectivity index (χ4v) is 7.20. The van der Waals surface area contributed by atoms with Crippen molar-refractivity contribution in [1.29, 1.82) is 0 Å². The van der Waals surface area contributed by atoms with Gasteiger partial charge in [0.05, 0.1) is 32.5 Å². The number of hydrogen-bond donors (Lipinski definition) is 1. The first kappa shape index (κ1) is 21.0. The van der Waals surface area contributed by atoms with Crippen LogP contribution in [0.25, 0.3) is 81.1 Å². The number of nitrogens with one attached hydrogen (secondary N) is 1. The molecule has 5 heteroatoms. The Balaban J connectivity index is 1.49. The molecule has 0 saturated heterocycles. The number of thiophene rings is 1. The van der Waals surface area contributed by atoms with Crippen molar-refractivity contribution in [3.8, 4) is 17.2 Å². The van der Waals surface area contributed by atoms with Crippen LogP contribution in [0.4, 0.5) is 0 Å². The lowest BCUT2D eigenvalue weighted by molar-refractivity contribution is 1.02. The Bertz CT molecular complexity index is 2390. The van der Waals surface area contributed by atoms with Crippen molar-refractivity contribution in [2.24, 2.45) is 0 Å². The fraction of sp³-hybridized carbons (Fsp3) is 0. The second-order valence-corrected chi connectivity index (χ2v) is 11.0. The summed E-state index contributed by atoms with van der Waals surface area (Å²) in [7, 11) is 0. The number of fused-ring (bicyclic) bond motifs is 10. The number of benzene rings is 5. The van der Waals surface area contributed by atoms with E-state index in [0.717, 1.165) is 48.9 Å². The van der Waals surface area contributed by atoms with E-state index in [2.05, 4.69) is 119 Å². The molecule has 4 heterocycles. The van der Waals surface area contributed by atoms with Crippen LogP contribution in [0.15, 0.2) is 115 Å². The molecule has 0 saturated carbocycles. The van der Waals surface area contributed by atoms with Crippen LogP contribution < -0.4 is 0 Å². The minimum absolute atomic E-state index is 0.683. The number of hydrogen-bond acceptors (Lipinski definition) is 3. The predicted octanol–water partition coefficient (Wildman–Crippen LogP) is 9.24. The Morgan fingerprint density at radius 2 is 1.31 bits per heavy atom. The number of aromatic amines is 1. The van der Waals surface area contributed by atoms with Crippen molar-refractivity contribution >= 4 is 75.3 Å². The van der Waals surface area contributed by atoms with Gasteiger partial charge >= 0.3 is 0 Å². The van der Waals surface area contributed by atoms with Gasteiger partial charge in [0.25, 0.3) is 0 Å². The lowest BCUT2D eigenvalue weighted by Gasteiger charge is -2.10. The van der Waals surface area contributed by atoms with Crippen LogP contribution >= 0.6 is 11.3 Å². The average molecular weight is 517 g/mol. The van der Waals surface area contributed by atoms with E-state index in [1.54, 1.807) is 11.3 Å². The van der Waals surface area contributed by atoms with Gasteiger partial charge in [0.15, 0.2) is 0 Å². The van der Waals surface area contributed by atoms with Gasteiger partial charge in [0.2, 0.25) is 5.95 Å². The highest BCUT2D eigenvalue weighted by Crippen LogP contribution is 2.41. The molecule has 0 bridgehead atoms. The molecule has 0 aliphatic heterocycles. The molecular weight excluding hydrogens is 496 g/mol. The van der Waals surface area contributed by atoms with Crippen LogP contribution in [-0.4, -0.2) is 19.5 Å². The normalized spacial score (nSPS) is 12.1. The molecule has 9 aromatic rings. The van der Waals surface area contributed by atoms with Crippen LogP contribution in [0.1, 0.15) is 0 Å². The minimum atomic E-state index is 0.683. The third-order valence-corrected chi connectivity index (χ3v) is 8.94. The van der Waals surface area contributed by atoms with Crippen LogP contribution in [0, 0.1) is 0 Å². The quantitative estimate of drug-likeness (QED) is 0.249. The molecule has 0 spiro atoms. The maximum atomic E-state index is 5.32. The lowest BCUT2D eigenvalue weighted by Crippen LogP contribution is -2.03. The smallest absolute Gasteiger partial charge is 0.235 e. The molecule has 9 rings (SSSR count). The number of nitrogens with zero attached hydrogens (tertiary/aromatic N) is 3. The lowest BCUT2D eigenvalue weighted by atomic mass is 10.1. The van der Waals surface area contributed by atoms with E-state index in [1.807, 2.05) is 6.07 Å². The van der Waals surface area contributed by atoms with Gasteiger partial charge < -0.3 is 4.98 Å². The van der Waals surface area contributed by atoms with Gasteiger partial charge in [-0.2, -0.15) is 0 Å². The molecule has 0 radical (unpaired) electrons. The molecule has 39 heavy (non-hydrogen) atoms. The van der Waals surface area contributed by atoms with E-state index in [4.69, 9.17) is 9.97 Å². The Morgan fingerprint density at radius 3 is 2.21 bits per heavy atom. The van der Waals surface area contributed by atoms with Crippen LogP contribution in [0.3, 0.4) is 0 Å². The number of rotatable bonds is 2. The Kier molecular flexibility index (Phi) is 4.18. The average Bonchev–Trinajstić information content (AvgIpc) is 3.66. The van der Waals surface area contributed by atoms with Crippen molar-refractivity contribution in [2.45, 2.75) is 0 Å². The van der Waals surface area contributed by atoms with Crippen molar-refractivity contribution in [1.82, 2.24) is 19.5 Å². The zero-order chi connectivity index (χ0) is 25.5. The summed E-state index contributed by atoms with van der Waals surface area (Å²) in [4.78, 5) is 14.3. The zero-order valence-corrected chi connectivity index (χ0v) is 21.5. The summed E-state index contributed by atoms with van der Waals surface area (Å²) in [6.45, 7) is 0. The van der Waals surface area contributed by atoms with Gasteiger partial charge in [0.1, 0.15) is 0 Å². The molecular formula is C34H20N4S. The van der Waals surface area contributed by atoms with E-state index >= 15 is 0 Å². The molecule has 4 aromatic heterocycles. The van der Waals surface area contributed by atoms with E-state index in [-0.39, 0.29) is 0 Å². The highest BCUT2D eigenvalue weighted by molar-refractivity contribution is 7.26. The third kappa shape index (κ3) is 2.88. The topological polar surface area (TPSA) is 46.5 Å². The minimum Gasteiger partial charge on any atom is -0.353 e. The van der Waals surface area contributed by atoms with Gasteiger partial charge in [-0.3, -0.25) is 4.57 Å². The molecule has 1 N–H and O–H groups in total. The second-order valence-electron chi connectivity index (χ2n) is 9.92. The Labute approximate surface area is 226 Å². The monoisotopic (exact) mass is 516 g/mol. The largest absolute Gasteiger partial charge is 0.353 e. The van der Waals surface area contributed by atoms with Crippen LogP contribution in [0.5, 0.6) is 0 Å². The van der Waals surface area contributed by atoms with Crippen molar-refractivity contribution < 1.29 is 0 Å². The zero-order valence-electron chi connectivity index (χ0n) is 20.7. The first-order valence-electron chi connectivity index (χ1n) is 13.0. The highest BCUT2D eigenvalue weighted by atomic mass is 32.1. The van der Waals surface area contributed by atoms with Crippen molar-refractivity contribution in [3.05, 3.63) is 115 Å². The van der Waals surface area contributed by atoms with Gasteiger partial charge in [-0.25, -0.2) is 9.97 Å². The summed E-state index contributed by atoms with van der Waals surface area (Å²) >= 11 is 1.76. The SMILES string of the molecule is c1ccc(-c2nc(-n3c4ccccc4c4ccc5c6ccccc6[nH]c5c43)nc3c2sc2ccccc23)cc1. The summed E-state index contributed by atoms with van der Waals surface area (Å²) in [6.07, 6.45) is 0. The van der Waals surface area contributed by atoms with Gasteiger partial charge in [-0.15, -0.1) is 11.3 Å². The van der Waals surface area contributed by atoms with Gasteiger partial charge in [0, 0.05) is 42.7 Å². The maximum Gasteiger partial charge on any atom is 0.235 e. The predicted molar refractivity (Wildman–Crippen MR) is 164 cm³/mol. The van der Waals surface area contributed by atoms with Crippen LogP contribution in [0.2, 0.25) is 0 Å². The molecule has 0 amide bonds. The number of para-hydroxylation sites is 2. The molecule has 182 valence electrons. The van der Waals surface area contributed by atoms with Crippen molar-refractivity contribution in [2.75, 3.05) is 0 Å². The molecule has 0 aliphatic rings. The summed E-state index contributed by atoms with van der Waals surface area (Å²) in [6, 6.07) is 40.5. The van der Waals surface area contributed by atoms with E-state index in [0.29, 0.717) is 5.95 Å². The summed E-state index contributed by atoms with van der Waals surface area (Å²) < 4.78 is 4.58. The second kappa shape index (κ2) is 7.76. The fourth-order valence-electron chi connectivity index (χ4n) is 6.05. The molecule has 0 atom stereocenters.